The molecule has 0 aliphatic carbocycles. The van der Waals surface area contributed by atoms with Crippen LogP contribution in [0.1, 0.15) is 23.5 Å². The number of methoxy groups -OCH3 is 2. The van der Waals surface area contributed by atoms with Gasteiger partial charge in [-0.2, -0.15) is 5.10 Å². The number of nitrogens with one attached hydrogen (secondary N) is 2. The lowest BCUT2D eigenvalue weighted by molar-refractivity contribution is -0.123. The molecule has 1 aliphatic rings. The number of carbonyl (C=O) groups is 2. The maximum absolute atomic E-state index is 12.1. The van der Waals surface area contributed by atoms with Gasteiger partial charge in [0.05, 0.1) is 19.9 Å². The van der Waals surface area contributed by atoms with E-state index in [0.29, 0.717) is 23.7 Å². The van der Waals surface area contributed by atoms with Gasteiger partial charge in [0, 0.05) is 41.9 Å². The molecule has 150 valence electrons. The van der Waals surface area contributed by atoms with Crippen molar-refractivity contribution < 1.29 is 24.2 Å². The van der Waals surface area contributed by atoms with Gasteiger partial charge in [-0.25, -0.2) is 0 Å². The summed E-state index contributed by atoms with van der Waals surface area (Å²) >= 11 is 0. The number of hydrogen-bond acceptors (Lipinski definition) is 6. The van der Waals surface area contributed by atoms with Crippen molar-refractivity contribution in [3.63, 3.8) is 0 Å². The Morgan fingerprint density at radius 1 is 1.17 bits per heavy atom. The predicted octanol–water partition coefficient (Wildman–Crippen LogP) is 2.66. The first-order chi connectivity index (χ1) is 14.1. The summed E-state index contributed by atoms with van der Waals surface area (Å²) in [6, 6.07) is 9.47. The average molecular weight is 396 g/mol. The van der Waals surface area contributed by atoms with E-state index in [2.05, 4.69) is 20.5 Å². The summed E-state index contributed by atoms with van der Waals surface area (Å²) in [5, 5.41) is 17.1. The second-order valence-electron chi connectivity index (χ2n) is 6.12. The van der Waals surface area contributed by atoms with Crippen LogP contribution >= 0.6 is 0 Å². The van der Waals surface area contributed by atoms with Gasteiger partial charge in [0.15, 0.2) is 5.82 Å². The topological polar surface area (TPSA) is 126 Å². The van der Waals surface area contributed by atoms with E-state index in [4.69, 9.17) is 19.4 Å². The molecule has 3 aromatic rings. The molecule has 0 fully saturated rings. The van der Waals surface area contributed by atoms with Crippen molar-refractivity contribution in [3.8, 4) is 22.8 Å². The van der Waals surface area contributed by atoms with Crippen molar-refractivity contribution in [2.75, 3.05) is 19.5 Å². The molecule has 0 saturated heterocycles. The number of carbonyl (C=O) groups excluding carboxylic acids is 1. The molecule has 0 bridgehead atoms. The monoisotopic (exact) mass is 396 g/mol. The molecule has 2 aromatic heterocycles. The molecular formula is C20H20N4O5. The van der Waals surface area contributed by atoms with E-state index in [1.54, 1.807) is 26.6 Å². The summed E-state index contributed by atoms with van der Waals surface area (Å²) in [5.41, 5.74) is 3.64. The smallest absolute Gasteiger partial charge is 0.290 e. The van der Waals surface area contributed by atoms with Crippen LogP contribution in [0.25, 0.3) is 11.3 Å². The number of ether oxygens (including phenoxy) is 2. The zero-order valence-electron chi connectivity index (χ0n) is 15.9. The number of pyridine rings is 1. The number of aromatic amines is 1. The Bertz CT molecular complexity index is 1000. The van der Waals surface area contributed by atoms with Crippen LogP contribution in [0.15, 0.2) is 42.7 Å². The van der Waals surface area contributed by atoms with Crippen molar-refractivity contribution >= 4 is 18.2 Å². The van der Waals surface area contributed by atoms with Crippen molar-refractivity contribution in [2.45, 2.75) is 12.3 Å². The molecule has 1 atom stereocenters. The first kappa shape index (κ1) is 19.9. The van der Waals surface area contributed by atoms with Crippen LogP contribution in [0.3, 0.4) is 0 Å². The number of fused-ring (bicyclic) bond motifs is 1. The fraction of sp³-hybridized carbons (Fsp3) is 0.200. The van der Waals surface area contributed by atoms with Gasteiger partial charge in [-0.05, 0) is 29.8 Å². The molecular weight excluding hydrogens is 376 g/mol. The van der Waals surface area contributed by atoms with Gasteiger partial charge in [0.2, 0.25) is 5.91 Å². The number of amides is 1. The minimum Gasteiger partial charge on any atom is -0.497 e. The molecule has 0 saturated carbocycles. The lowest BCUT2D eigenvalue weighted by Crippen LogP contribution is -2.23. The van der Waals surface area contributed by atoms with Crippen molar-refractivity contribution in [1.29, 1.82) is 0 Å². The number of aromatic nitrogens is 3. The highest BCUT2D eigenvalue weighted by atomic mass is 16.5. The lowest BCUT2D eigenvalue weighted by atomic mass is 9.85. The van der Waals surface area contributed by atoms with Crippen LogP contribution < -0.4 is 14.8 Å². The van der Waals surface area contributed by atoms with Gasteiger partial charge >= 0.3 is 0 Å². The van der Waals surface area contributed by atoms with Gasteiger partial charge in [-0.15, -0.1) is 0 Å². The minimum absolute atomic E-state index is 0.0564. The Morgan fingerprint density at radius 3 is 2.55 bits per heavy atom. The zero-order valence-corrected chi connectivity index (χ0v) is 15.9. The van der Waals surface area contributed by atoms with Crippen molar-refractivity contribution in [1.82, 2.24) is 15.2 Å². The van der Waals surface area contributed by atoms with Gasteiger partial charge in [-0.1, -0.05) is 0 Å². The van der Waals surface area contributed by atoms with Gasteiger partial charge < -0.3 is 19.9 Å². The average Bonchev–Trinajstić information content (AvgIpc) is 3.17. The quantitative estimate of drug-likeness (QED) is 0.579. The van der Waals surface area contributed by atoms with Crippen molar-refractivity contribution in [3.05, 3.63) is 53.9 Å². The highest BCUT2D eigenvalue weighted by molar-refractivity contribution is 5.96. The number of hydrogen-bond donors (Lipinski definition) is 3. The summed E-state index contributed by atoms with van der Waals surface area (Å²) in [7, 11) is 3.23. The third-order valence-corrected chi connectivity index (χ3v) is 4.59. The van der Waals surface area contributed by atoms with E-state index in [-0.39, 0.29) is 18.3 Å². The SMILES string of the molecule is COc1ccc(-c2[nH]nc3c2C(c2ccncc2)CC(=O)N3)c(OC)c1.O=CO. The van der Waals surface area contributed by atoms with E-state index < -0.39 is 0 Å². The normalized spacial score (nSPS) is 14.7. The molecule has 9 heteroatoms. The number of anilines is 1. The molecule has 4 rings (SSSR count). The molecule has 1 aliphatic heterocycles. The Hall–Kier alpha value is -3.88. The molecule has 1 aromatic carbocycles. The summed E-state index contributed by atoms with van der Waals surface area (Å²) in [4.78, 5) is 24.6. The largest absolute Gasteiger partial charge is 0.497 e. The summed E-state index contributed by atoms with van der Waals surface area (Å²) in [6.45, 7) is -0.250. The molecule has 1 unspecified atom stereocenters. The first-order valence-electron chi connectivity index (χ1n) is 8.71. The van der Waals surface area contributed by atoms with Gasteiger partial charge in [0.1, 0.15) is 11.5 Å². The number of carboxylic acid groups (broad SMARTS) is 1. The molecule has 0 radical (unpaired) electrons. The Balaban J connectivity index is 0.000000755. The van der Waals surface area contributed by atoms with Crippen molar-refractivity contribution in [2.24, 2.45) is 0 Å². The van der Waals surface area contributed by atoms with Gasteiger partial charge in [-0.3, -0.25) is 19.7 Å². The lowest BCUT2D eigenvalue weighted by Gasteiger charge is -2.23. The standard InChI is InChI=1S/C19H18N4O3.CH2O2/c1-25-12-3-4-13(15(9-12)26-2)18-17-14(11-5-7-20-8-6-11)10-16(24)21-19(17)23-22-18;2-1-3/h3-9,14H,10H2,1-2H3,(H2,21,22,23,24);1H,(H,2,3). The number of benzene rings is 1. The van der Waals surface area contributed by atoms with E-state index in [0.717, 1.165) is 22.4 Å². The third kappa shape index (κ3) is 4.03. The highest BCUT2D eigenvalue weighted by Crippen LogP contribution is 2.44. The first-order valence-corrected chi connectivity index (χ1v) is 8.71. The Labute approximate surface area is 166 Å². The molecule has 29 heavy (non-hydrogen) atoms. The van der Waals surface area contributed by atoms with Crippen LogP contribution in [0.5, 0.6) is 11.5 Å². The fourth-order valence-corrected chi connectivity index (χ4v) is 3.35. The zero-order chi connectivity index (χ0) is 20.8. The molecule has 0 spiro atoms. The van der Waals surface area contributed by atoms with Crippen LogP contribution in [-0.4, -0.2) is 46.9 Å². The van der Waals surface area contributed by atoms with E-state index in [9.17, 15) is 4.79 Å². The molecule has 1 amide bonds. The van der Waals surface area contributed by atoms with E-state index in [1.807, 2.05) is 30.3 Å². The minimum atomic E-state index is -0.250. The van der Waals surface area contributed by atoms with Gasteiger partial charge in [0.25, 0.3) is 6.47 Å². The fourth-order valence-electron chi connectivity index (χ4n) is 3.35. The van der Waals surface area contributed by atoms with Crippen LogP contribution in [0.4, 0.5) is 5.82 Å². The summed E-state index contributed by atoms with van der Waals surface area (Å²) in [5.74, 6) is 1.76. The third-order valence-electron chi connectivity index (χ3n) is 4.59. The highest BCUT2D eigenvalue weighted by Gasteiger charge is 2.32. The Morgan fingerprint density at radius 2 is 1.90 bits per heavy atom. The second-order valence-corrected chi connectivity index (χ2v) is 6.12. The van der Waals surface area contributed by atoms with Crippen LogP contribution in [0, 0.1) is 0 Å². The number of nitrogens with zero attached hydrogens (tertiary/aromatic N) is 2. The van der Waals surface area contributed by atoms with E-state index in [1.165, 1.54) is 0 Å². The Kier molecular flexibility index (Phi) is 6.08. The van der Waals surface area contributed by atoms with E-state index >= 15 is 0 Å². The molecule has 3 N–H and O–H groups in total. The summed E-state index contributed by atoms with van der Waals surface area (Å²) < 4.78 is 10.8. The predicted molar refractivity (Wildman–Crippen MR) is 105 cm³/mol. The maximum Gasteiger partial charge on any atom is 0.290 e. The number of H-pyrrole nitrogens is 1. The summed E-state index contributed by atoms with van der Waals surface area (Å²) in [6.07, 6.45) is 3.81. The molecule has 3 heterocycles. The van der Waals surface area contributed by atoms with Crippen LogP contribution in [0.2, 0.25) is 0 Å². The van der Waals surface area contributed by atoms with Crippen LogP contribution in [-0.2, 0) is 9.59 Å². The number of rotatable bonds is 4. The second kappa shape index (κ2) is 8.87. The maximum atomic E-state index is 12.1. The molecule has 9 nitrogen and oxygen atoms in total.